The molecule has 1 amide bonds. The average Bonchev–Trinajstić information content (AvgIpc) is 2.61. The van der Waals surface area contributed by atoms with E-state index in [1.54, 1.807) is 0 Å². The van der Waals surface area contributed by atoms with Crippen LogP contribution in [0.3, 0.4) is 0 Å². The molecule has 0 aromatic heterocycles. The first-order chi connectivity index (χ1) is 12.0. The maximum absolute atomic E-state index is 13.2. The van der Waals surface area contributed by atoms with Crippen molar-refractivity contribution in [3.8, 4) is 0 Å². The maximum atomic E-state index is 13.2. The number of benzene rings is 1. The number of piperazine rings is 1. The fraction of sp³-hybridized carbons (Fsp3) is 0.650. The molecule has 7 heteroatoms. The molecule has 1 saturated heterocycles. The van der Waals surface area contributed by atoms with Crippen LogP contribution in [0.2, 0.25) is 0 Å². The second-order valence-electron chi connectivity index (χ2n) is 7.24. The van der Waals surface area contributed by atoms with E-state index in [1.165, 1.54) is 5.56 Å². The number of aryl methyl sites for hydroxylation is 1. The molecule has 1 aromatic carbocycles. The number of carbonyl (C=O) groups is 1. The number of nitrogens with zero attached hydrogens (tertiary/aromatic N) is 2. The molecule has 2 atom stereocenters. The molecule has 156 valence electrons. The number of halogens is 2. The van der Waals surface area contributed by atoms with Crippen LogP contribution >= 0.6 is 37.4 Å². The number of thiol groups is 1. The molecular weight excluding hydrogens is 401 g/mol. The van der Waals surface area contributed by atoms with Crippen LogP contribution in [-0.2, 0) is 0 Å². The van der Waals surface area contributed by atoms with Crippen molar-refractivity contribution in [3.05, 3.63) is 34.9 Å². The van der Waals surface area contributed by atoms with E-state index in [1.807, 2.05) is 19.1 Å². The monoisotopic (exact) mass is 435 g/mol. The third-order valence-corrected chi connectivity index (χ3v) is 5.75. The summed E-state index contributed by atoms with van der Waals surface area (Å²) in [5, 5.41) is 0. The summed E-state index contributed by atoms with van der Waals surface area (Å²) < 4.78 is 0. The molecule has 27 heavy (non-hydrogen) atoms. The summed E-state index contributed by atoms with van der Waals surface area (Å²) in [6.45, 7) is 9.76. The number of hydrogen-bond acceptors (Lipinski definition) is 4. The highest BCUT2D eigenvalue weighted by Crippen LogP contribution is 2.21. The summed E-state index contributed by atoms with van der Waals surface area (Å²) in [6, 6.07) is 6.38. The van der Waals surface area contributed by atoms with Gasteiger partial charge in [-0.3, -0.25) is 9.69 Å². The number of unbranched alkanes of at least 4 members (excludes halogenated alkanes) is 1. The number of amides is 1. The summed E-state index contributed by atoms with van der Waals surface area (Å²) in [5.74, 6) is 0.877. The van der Waals surface area contributed by atoms with E-state index in [9.17, 15) is 4.79 Å². The molecule has 1 fully saturated rings. The molecule has 0 radical (unpaired) electrons. The fourth-order valence-corrected chi connectivity index (χ4v) is 3.68. The highest BCUT2D eigenvalue weighted by Gasteiger charge is 2.31. The third-order valence-electron chi connectivity index (χ3n) is 5.28. The van der Waals surface area contributed by atoms with E-state index in [0.29, 0.717) is 5.75 Å². The summed E-state index contributed by atoms with van der Waals surface area (Å²) in [5.41, 5.74) is 9.20. The largest absolute Gasteiger partial charge is 0.333 e. The lowest BCUT2D eigenvalue weighted by Gasteiger charge is -2.42. The standard InChI is InChI=1S/C20H33N3OS.2ClH/c1-4-5-8-18-13-22(12-17(21)14-25)10-11-23(18)20(24)19-9-6-7-15(2)16(19)3;;/h6-7,9,17-18,25H,4-5,8,10-14,21H2,1-3H3;2*1H/t17-,18?;;/m1../s1. The van der Waals surface area contributed by atoms with Crippen molar-refractivity contribution in [2.45, 2.75) is 52.1 Å². The first kappa shape index (κ1) is 26.5. The van der Waals surface area contributed by atoms with Crippen LogP contribution in [0.5, 0.6) is 0 Å². The van der Waals surface area contributed by atoms with Crippen molar-refractivity contribution in [1.82, 2.24) is 9.80 Å². The van der Waals surface area contributed by atoms with E-state index in [-0.39, 0.29) is 42.8 Å². The molecule has 1 aliphatic rings. The van der Waals surface area contributed by atoms with Gasteiger partial charge >= 0.3 is 0 Å². The van der Waals surface area contributed by atoms with Crippen LogP contribution in [0.15, 0.2) is 18.2 Å². The highest BCUT2D eigenvalue weighted by molar-refractivity contribution is 7.80. The number of hydrogen-bond donors (Lipinski definition) is 2. The molecule has 1 aromatic rings. The van der Waals surface area contributed by atoms with Crippen molar-refractivity contribution in [2.75, 3.05) is 31.9 Å². The van der Waals surface area contributed by atoms with Gasteiger partial charge in [0.25, 0.3) is 5.91 Å². The summed E-state index contributed by atoms with van der Waals surface area (Å²) in [4.78, 5) is 17.7. The van der Waals surface area contributed by atoms with Gasteiger partial charge in [-0.05, 0) is 37.5 Å². The SMILES string of the molecule is CCCCC1CN(C[C@@H](N)CS)CCN1C(=O)c1cccc(C)c1C.Cl.Cl. The lowest BCUT2D eigenvalue weighted by atomic mass is 9.99. The molecule has 0 bridgehead atoms. The second kappa shape index (κ2) is 12.9. The van der Waals surface area contributed by atoms with Crippen molar-refractivity contribution in [1.29, 1.82) is 0 Å². The van der Waals surface area contributed by atoms with Crippen LogP contribution in [0.1, 0.15) is 47.7 Å². The zero-order valence-electron chi connectivity index (χ0n) is 16.7. The molecule has 1 aliphatic heterocycles. The Morgan fingerprint density at radius 2 is 2.00 bits per heavy atom. The van der Waals surface area contributed by atoms with E-state index >= 15 is 0 Å². The zero-order valence-corrected chi connectivity index (χ0v) is 19.2. The molecule has 4 nitrogen and oxygen atoms in total. The molecule has 1 heterocycles. The van der Waals surface area contributed by atoms with Crippen LogP contribution < -0.4 is 5.73 Å². The second-order valence-corrected chi connectivity index (χ2v) is 7.61. The van der Waals surface area contributed by atoms with Gasteiger partial charge in [0.05, 0.1) is 0 Å². The van der Waals surface area contributed by atoms with E-state index in [4.69, 9.17) is 5.73 Å². The smallest absolute Gasteiger partial charge is 0.254 e. The first-order valence-corrected chi connectivity index (χ1v) is 10.1. The predicted octanol–water partition coefficient (Wildman–Crippen LogP) is 3.72. The average molecular weight is 436 g/mol. The fourth-order valence-electron chi connectivity index (χ4n) is 3.57. The molecule has 0 spiro atoms. The molecule has 0 saturated carbocycles. The van der Waals surface area contributed by atoms with E-state index < -0.39 is 0 Å². The van der Waals surface area contributed by atoms with Crippen molar-refractivity contribution >= 4 is 43.4 Å². The lowest BCUT2D eigenvalue weighted by molar-refractivity contribution is 0.0423. The van der Waals surface area contributed by atoms with Gasteiger partial charge in [0, 0.05) is 49.6 Å². The van der Waals surface area contributed by atoms with Gasteiger partial charge in [0.15, 0.2) is 0 Å². The van der Waals surface area contributed by atoms with Crippen LogP contribution in [0, 0.1) is 13.8 Å². The molecule has 1 unspecified atom stereocenters. The van der Waals surface area contributed by atoms with Gasteiger partial charge in [-0.1, -0.05) is 31.9 Å². The van der Waals surface area contributed by atoms with Crippen molar-refractivity contribution < 1.29 is 4.79 Å². The first-order valence-electron chi connectivity index (χ1n) is 9.43. The Labute approximate surface area is 182 Å². The van der Waals surface area contributed by atoms with Crippen molar-refractivity contribution in [2.24, 2.45) is 5.73 Å². The van der Waals surface area contributed by atoms with Gasteiger partial charge in [0.1, 0.15) is 0 Å². The molecule has 0 aliphatic carbocycles. The Bertz CT molecular complexity index is 588. The summed E-state index contributed by atoms with van der Waals surface area (Å²) in [6.07, 6.45) is 3.35. The van der Waals surface area contributed by atoms with Gasteiger partial charge < -0.3 is 10.6 Å². The van der Waals surface area contributed by atoms with Crippen LogP contribution in [0.4, 0.5) is 0 Å². The summed E-state index contributed by atoms with van der Waals surface area (Å²) in [7, 11) is 0. The zero-order chi connectivity index (χ0) is 18.4. The van der Waals surface area contributed by atoms with Gasteiger partial charge in [-0.2, -0.15) is 12.6 Å². The predicted molar refractivity (Wildman–Crippen MR) is 123 cm³/mol. The van der Waals surface area contributed by atoms with Gasteiger partial charge in [-0.15, -0.1) is 24.8 Å². The topological polar surface area (TPSA) is 49.6 Å². The lowest BCUT2D eigenvalue weighted by Crippen LogP contribution is -2.57. The van der Waals surface area contributed by atoms with E-state index in [2.05, 4.69) is 42.3 Å². The normalized spacial score (nSPS) is 18.4. The number of carbonyl (C=O) groups excluding carboxylic acids is 1. The Kier molecular flexibility index (Phi) is 12.7. The van der Waals surface area contributed by atoms with Crippen molar-refractivity contribution in [3.63, 3.8) is 0 Å². The quantitative estimate of drug-likeness (QED) is 0.641. The third kappa shape index (κ3) is 7.13. The molecular formula is C20H35Cl2N3OS. The Balaban J connectivity index is 0.00000338. The minimum Gasteiger partial charge on any atom is -0.333 e. The Morgan fingerprint density at radius 1 is 1.30 bits per heavy atom. The highest BCUT2D eigenvalue weighted by atomic mass is 35.5. The summed E-state index contributed by atoms with van der Waals surface area (Å²) >= 11 is 4.30. The van der Waals surface area contributed by atoms with Gasteiger partial charge in [-0.25, -0.2) is 0 Å². The number of rotatable bonds is 7. The van der Waals surface area contributed by atoms with Gasteiger partial charge in [0.2, 0.25) is 0 Å². The van der Waals surface area contributed by atoms with Crippen LogP contribution in [0.25, 0.3) is 0 Å². The minimum atomic E-state index is 0. The van der Waals surface area contributed by atoms with E-state index in [0.717, 1.165) is 56.6 Å². The maximum Gasteiger partial charge on any atom is 0.254 e. The Morgan fingerprint density at radius 3 is 2.63 bits per heavy atom. The number of nitrogens with two attached hydrogens (primary N) is 1. The van der Waals surface area contributed by atoms with Crippen LogP contribution in [-0.4, -0.2) is 59.7 Å². The molecule has 2 rings (SSSR count). The molecule has 2 N–H and O–H groups in total. The Hall–Kier alpha value is -0.460. The minimum absolute atomic E-state index is 0.